The highest BCUT2D eigenvalue weighted by Gasteiger charge is 2.35. The number of rotatable bonds is 5. The van der Waals surface area contributed by atoms with Gasteiger partial charge in [-0.3, -0.25) is 0 Å². The van der Waals surface area contributed by atoms with Gasteiger partial charge in [-0.1, -0.05) is 39.0 Å². The van der Waals surface area contributed by atoms with Gasteiger partial charge in [-0.25, -0.2) is 0 Å². The third-order valence-corrected chi connectivity index (χ3v) is 2.88. The van der Waals surface area contributed by atoms with Crippen LogP contribution in [0.3, 0.4) is 0 Å². The molecule has 18 heavy (non-hydrogen) atoms. The summed E-state index contributed by atoms with van der Waals surface area (Å²) in [5.41, 5.74) is -0.194. The standard InChI is InChI=1S/C14H20F3N/c1-4-9-18-13(10(2)3)11-7-5-6-8-12(11)14(15,16)17/h5-8,10,13,18H,4,9H2,1-3H3. The van der Waals surface area contributed by atoms with Gasteiger partial charge in [0.1, 0.15) is 0 Å². The van der Waals surface area contributed by atoms with Crippen LogP contribution in [-0.2, 0) is 6.18 Å². The first kappa shape index (κ1) is 15.0. The lowest BCUT2D eigenvalue weighted by molar-refractivity contribution is -0.138. The van der Waals surface area contributed by atoms with E-state index in [-0.39, 0.29) is 12.0 Å². The molecule has 1 nitrogen and oxygen atoms in total. The van der Waals surface area contributed by atoms with E-state index in [1.807, 2.05) is 20.8 Å². The smallest absolute Gasteiger partial charge is 0.310 e. The van der Waals surface area contributed by atoms with Gasteiger partial charge in [0, 0.05) is 6.04 Å². The van der Waals surface area contributed by atoms with Crippen molar-refractivity contribution in [1.82, 2.24) is 5.32 Å². The molecular formula is C14H20F3N. The van der Waals surface area contributed by atoms with Crippen LogP contribution in [0.1, 0.15) is 44.4 Å². The largest absolute Gasteiger partial charge is 0.416 e. The van der Waals surface area contributed by atoms with E-state index in [9.17, 15) is 13.2 Å². The number of benzene rings is 1. The zero-order chi connectivity index (χ0) is 13.8. The van der Waals surface area contributed by atoms with Gasteiger partial charge in [0.05, 0.1) is 5.56 Å². The molecule has 0 aliphatic heterocycles. The Kier molecular flexibility index (Phi) is 5.20. The second-order valence-corrected chi connectivity index (χ2v) is 4.76. The van der Waals surface area contributed by atoms with E-state index in [2.05, 4.69) is 5.32 Å². The molecular weight excluding hydrogens is 239 g/mol. The number of halogens is 3. The van der Waals surface area contributed by atoms with Crippen molar-refractivity contribution in [3.8, 4) is 0 Å². The molecule has 1 aromatic rings. The lowest BCUT2D eigenvalue weighted by atomic mass is 9.92. The van der Waals surface area contributed by atoms with Crippen molar-refractivity contribution >= 4 is 0 Å². The normalized spacial score (nSPS) is 13.9. The molecule has 0 aliphatic rings. The zero-order valence-corrected chi connectivity index (χ0v) is 11.0. The molecule has 1 atom stereocenters. The second-order valence-electron chi connectivity index (χ2n) is 4.76. The van der Waals surface area contributed by atoms with Gasteiger partial charge >= 0.3 is 6.18 Å². The fourth-order valence-electron chi connectivity index (χ4n) is 2.03. The van der Waals surface area contributed by atoms with Crippen molar-refractivity contribution in [1.29, 1.82) is 0 Å². The van der Waals surface area contributed by atoms with Crippen LogP contribution in [0.15, 0.2) is 24.3 Å². The molecule has 0 fully saturated rings. The average Bonchev–Trinajstić information content (AvgIpc) is 2.28. The van der Waals surface area contributed by atoms with E-state index in [1.165, 1.54) is 6.07 Å². The van der Waals surface area contributed by atoms with E-state index >= 15 is 0 Å². The van der Waals surface area contributed by atoms with Gasteiger partial charge in [0.2, 0.25) is 0 Å². The molecule has 0 saturated heterocycles. The van der Waals surface area contributed by atoms with E-state index < -0.39 is 11.7 Å². The van der Waals surface area contributed by atoms with Gasteiger partial charge < -0.3 is 5.32 Å². The van der Waals surface area contributed by atoms with Crippen molar-refractivity contribution in [3.05, 3.63) is 35.4 Å². The first-order chi connectivity index (χ1) is 8.38. The number of alkyl halides is 3. The van der Waals surface area contributed by atoms with Crippen molar-refractivity contribution in [2.45, 2.75) is 39.4 Å². The quantitative estimate of drug-likeness (QED) is 0.826. The summed E-state index contributed by atoms with van der Waals surface area (Å²) in [6.45, 7) is 6.58. The second kappa shape index (κ2) is 6.23. The van der Waals surface area contributed by atoms with Crippen LogP contribution in [0.2, 0.25) is 0 Å². The first-order valence-electron chi connectivity index (χ1n) is 6.27. The molecule has 1 unspecified atom stereocenters. The maximum absolute atomic E-state index is 13.0. The summed E-state index contributed by atoms with van der Waals surface area (Å²) in [4.78, 5) is 0. The summed E-state index contributed by atoms with van der Waals surface area (Å²) < 4.78 is 38.9. The molecule has 1 rings (SSSR count). The first-order valence-corrected chi connectivity index (χ1v) is 6.27. The lowest BCUT2D eigenvalue weighted by Gasteiger charge is -2.26. The molecule has 1 N–H and O–H groups in total. The van der Waals surface area contributed by atoms with Crippen LogP contribution in [-0.4, -0.2) is 6.54 Å². The van der Waals surface area contributed by atoms with Gasteiger partial charge in [0.25, 0.3) is 0 Å². The van der Waals surface area contributed by atoms with E-state index in [4.69, 9.17) is 0 Å². The number of hydrogen-bond acceptors (Lipinski definition) is 1. The molecule has 102 valence electrons. The van der Waals surface area contributed by atoms with Crippen molar-refractivity contribution in [3.63, 3.8) is 0 Å². The molecule has 0 aromatic heterocycles. The molecule has 0 aliphatic carbocycles. The molecule has 0 amide bonds. The van der Waals surface area contributed by atoms with E-state index in [0.717, 1.165) is 19.0 Å². The van der Waals surface area contributed by atoms with Crippen molar-refractivity contribution < 1.29 is 13.2 Å². The lowest BCUT2D eigenvalue weighted by Crippen LogP contribution is -2.28. The predicted molar refractivity (Wildman–Crippen MR) is 67.3 cm³/mol. The van der Waals surface area contributed by atoms with Crippen LogP contribution in [0.25, 0.3) is 0 Å². The topological polar surface area (TPSA) is 12.0 Å². The molecule has 0 spiro atoms. The molecule has 0 saturated carbocycles. The minimum absolute atomic E-state index is 0.111. The SMILES string of the molecule is CCCNC(c1ccccc1C(F)(F)F)C(C)C. The Morgan fingerprint density at radius 3 is 2.28 bits per heavy atom. The molecule has 1 aromatic carbocycles. The number of hydrogen-bond donors (Lipinski definition) is 1. The Morgan fingerprint density at radius 2 is 1.78 bits per heavy atom. The summed E-state index contributed by atoms with van der Waals surface area (Å²) in [5, 5.41) is 3.20. The highest BCUT2D eigenvalue weighted by Crippen LogP contribution is 2.36. The summed E-state index contributed by atoms with van der Waals surface area (Å²) in [6, 6.07) is 5.55. The zero-order valence-electron chi connectivity index (χ0n) is 11.0. The summed E-state index contributed by atoms with van der Waals surface area (Å²) >= 11 is 0. The molecule has 0 bridgehead atoms. The van der Waals surface area contributed by atoms with E-state index in [1.54, 1.807) is 12.1 Å². The minimum atomic E-state index is -4.29. The maximum atomic E-state index is 13.0. The monoisotopic (exact) mass is 259 g/mol. The summed E-state index contributed by atoms with van der Waals surface area (Å²) in [7, 11) is 0. The van der Waals surface area contributed by atoms with Gasteiger partial charge in [-0.2, -0.15) is 13.2 Å². The Balaban J connectivity index is 3.11. The minimum Gasteiger partial charge on any atom is -0.310 e. The Hall–Kier alpha value is -1.03. The van der Waals surface area contributed by atoms with E-state index in [0.29, 0.717) is 5.56 Å². The summed E-state index contributed by atoms with van der Waals surface area (Å²) in [5.74, 6) is 0.111. The molecule has 4 heteroatoms. The third kappa shape index (κ3) is 3.73. The van der Waals surface area contributed by atoms with Crippen LogP contribution < -0.4 is 5.32 Å². The number of nitrogens with one attached hydrogen (secondary N) is 1. The highest BCUT2D eigenvalue weighted by atomic mass is 19.4. The van der Waals surface area contributed by atoms with Crippen LogP contribution in [0.5, 0.6) is 0 Å². The Bertz CT molecular complexity index is 372. The van der Waals surface area contributed by atoms with Crippen LogP contribution in [0.4, 0.5) is 13.2 Å². The average molecular weight is 259 g/mol. The van der Waals surface area contributed by atoms with Gasteiger partial charge in [-0.15, -0.1) is 0 Å². The molecule has 0 radical (unpaired) electrons. The Morgan fingerprint density at radius 1 is 1.17 bits per heavy atom. The third-order valence-electron chi connectivity index (χ3n) is 2.88. The van der Waals surface area contributed by atoms with Crippen molar-refractivity contribution in [2.75, 3.05) is 6.54 Å². The predicted octanol–water partition coefficient (Wildman–Crippen LogP) is 4.40. The summed E-state index contributed by atoms with van der Waals surface area (Å²) in [6.07, 6.45) is -3.39. The van der Waals surface area contributed by atoms with Gasteiger partial charge in [-0.05, 0) is 30.5 Å². The van der Waals surface area contributed by atoms with Crippen LogP contribution in [0, 0.1) is 5.92 Å². The van der Waals surface area contributed by atoms with Crippen molar-refractivity contribution in [2.24, 2.45) is 5.92 Å². The highest BCUT2D eigenvalue weighted by molar-refractivity contribution is 5.32. The maximum Gasteiger partial charge on any atom is 0.416 e. The van der Waals surface area contributed by atoms with Crippen LogP contribution >= 0.6 is 0 Å². The van der Waals surface area contributed by atoms with Gasteiger partial charge in [0.15, 0.2) is 0 Å². The Labute approximate surface area is 106 Å². The fourth-order valence-corrected chi connectivity index (χ4v) is 2.03. The molecule has 0 heterocycles. The fraction of sp³-hybridized carbons (Fsp3) is 0.571.